The highest BCUT2D eigenvalue weighted by atomic mass is 16.5. The molecule has 1 heterocycles. The fourth-order valence-corrected chi connectivity index (χ4v) is 2.05. The highest BCUT2D eigenvalue weighted by Gasteiger charge is 2.08. The number of rotatable bonds is 7. The Balaban J connectivity index is 1.94. The molecule has 1 aromatic heterocycles. The second-order valence-corrected chi connectivity index (χ2v) is 5.00. The van der Waals surface area contributed by atoms with Crippen molar-refractivity contribution in [3.63, 3.8) is 0 Å². The van der Waals surface area contributed by atoms with Gasteiger partial charge in [-0.1, -0.05) is 30.3 Å². The molecule has 2 aromatic rings. The Kier molecular flexibility index (Phi) is 5.91. The van der Waals surface area contributed by atoms with E-state index in [-0.39, 0.29) is 5.91 Å². The van der Waals surface area contributed by atoms with E-state index >= 15 is 0 Å². The molecule has 0 aliphatic rings. The number of aromatic nitrogens is 1. The zero-order chi connectivity index (χ0) is 15.8. The lowest BCUT2D eigenvalue weighted by atomic mass is 10.2. The molecule has 0 aliphatic heterocycles. The third-order valence-corrected chi connectivity index (χ3v) is 3.26. The van der Waals surface area contributed by atoms with Gasteiger partial charge in [0.2, 0.25) is 0 Å². The second-order valence-electron chi connectivity index (χ2n) is 5.00. The van der Waals surface area contributed by atoms with Crippen LogP contribution in [0.25, 0.3) is 0 Å². The van der Waals surface area contributed by atoms with Crippen molar-refractivity contribution in [2.24, 2.45) is 0 Å². The van der Waals surface area contributed by atoms with Gasteiger partial charge in [-0.3, -0.25) is 4.79 Å². The van der Waals surface area contributed by atoms with E-state index in [9.17, 15) is 4.79 Å². The summed E-state index contributed by atoms with van der Waals surface area (Å²) in [6.45, 7) is 1.76. The summed E-state index contributed by atoms with van der Waals surface area (Å²) in [6.07, 6.45) is 1.60. The van der Waals surface area contributed by atoms with E-state index in [4.69, 9.17) is 4.74 Å². The van der Waals surface area contributed by atoms with Crippen molar-refractivity contribution in [1.29, 1.82) is 0 Å². The minimum atomic E-state index is -0.137. The molecule has 5 heteroatoms. The molecular weight excluding hydrogens is 278 g/mol. The van der Waals surface area contributed by atoms with Crippen LogP contribution in [0.1, 0.15) is 15.9 Å². The Bertz CT molecular complexity index is 585. The molecule has 0 radical (unpaired) electrons. The van der Waals surface area contributed by atoms with Crippen LogP contribution in [0.2, 0.25) is 0 Å². The van der Waals surface area contributed by atoms with Crippen molar-refractivity contribution < 1.29 is 9.53 Å². The number of ether oxygens (including phenoxy) is 1. The summed E-state index contributed by atoms with van der Waals surface area (Å²) < 4.78 is 4.90. The summed E-state index contributed by atoms with van der Waals surface area (Å²) in [5.74, 6) is 0.694. The normalized spacial score (nSPS) is 10.3. The number of hydrogen-bond donors (Lipinski definition) is 1. The number of nitrogens with one attached hydrogen (secondary N) is 1. The van der Waals surface area contributed by atoms with Crippen LogP contribution < -0.4 is 10.2 Å². The Morgan fingerprint density at radius 1 is 1.23 bits per heavy atom. The van der Waals surface area contributed by atoms with Crippen LogP contribution >= 0.6 is 0 Å². The number of carbonyl (C=O) groups excluding carboxylic acids is 1. The van der Waals surface area contributed by atoms with Crippen molar-refractivity contribution in [1.82, 2.24) is 10.3 Å². The maximum Gasteiger partial charge on any atom is 0.252 e. The van der Waals surface area contributed by atoms with E-state index in [2.05, 4.69) is 22.4 Å². The maximum absolute atomic E-state index is 11.9. The monoisotopic (exact) mass is 299 g/mol. The van der Waals surface area contributed by atoms with Crippen LogP contribution in [-0.2, 0) is 11.3 Å². The molecule has 0 atom stereocenters. The first-order chi connectivity index (χ1) is 10.7. The average molecular weight is 299 g/mol. The zero-order valence-electron chi connectivity index (χ0n) is 13.0. The van der Waals surface area contributed by atoms with Crippen LogP contribution in [-0.4, -0.2) is 38.2 Å². The Morgan fingerprint density at radius 3 is 2.64 bits per heavy atom. The number of anilines is 1. The van der Waals surface area contributed by atoms with Gasteiger partial charge >= 0.3 is 0 Å². The van der Waals surface area contributed by atoms with Crippen LogP contribution in [0.15, 0.2) is 48.7 Å². The molecule has 1 amide bonds. The first-order valence-electron chi connectivity index (χ1n) is 7.19. The van der Waals surface area contributed by atoms with E-state index in [1.807, 2.05) is 36.2 Å². The molecule has 22 heavy (non-hydrogen) atoms. The van der Waals surface area contributed by atoms with Gasteiger partial charge in [0.25, 0.3) is 5.91 Å². The van der Waals surface area contributed by atoms with Gasteiger partial charge in [-0.15, -0.1) is 0 Å². The molecule has 0 saturated heterocycles. The second kappa shape index (κ2) is 8.14. The third kappa shape index (κ3) is 4.56. The number of hydrogen-bond acceptors (Lipinski definition) is 4. The summed E-state index contributed by atoms with van der Waals surface area (Å²) in [7, 11) is 3.58. The molecule has 5 nitrogen and oxygen atoms in total. The predicted octanol–water partition coefficient (Wildman–Crippen LogP) is 2.09. The first-order valence-corrected chi connectivity index (χ1v) is 7.19. The van der Waals surface area contributed by atoms with E-state index in [1.54, 1.807) is 19.4 Å². The number of benzene rings is 1. The lowest BCUT2D eigenvalue weighted by Gasteiger charge is -2.18. The maximum atomic E-state index is 11.9. The van der Waals surface area contributed by atoms with Gasteiger partial charge in [-0.25, -0.2) is 4.98 Å². The van der Waals surface area contributed by atoms with Gasteiger partial charge in [0, 0.05) is 33.4 Å². The van der Waals surface area contributed by atoms with E-state index in [0.717, 1.165) is 12.4 Å². The Labute approximate surface area is 130 Å². The summed E-state index contributed by atoms with van der Waals surface area (Å²) in [5.41, 5.74) is 1.76. The smallest absolute Gasteiger partial charge is 0.252 e. The van der Waals surface area contributed by atoms with Crippen molar-refractivity contribution in [3.05, 3.63) is 59.8 Å². The van der Waals surface area contributed by atoms with Crippen LogP contribution in [0.4, 0.5) is 5.82 Å². The molecule has 0 bridgehead atoms. The highest BCUT2D eigenvalue weighted by molar-refractivity contribution is 5.94. The van der Waals surface area contributed by atoms with Crippen LogP contribution in [0.3, 0.4) is 0 Å². The van der Waals surface area contributed by atoms with Crippen LogP contribution in [0, 0.1) is 0 Å². The largest absolute Gasteiger partial charge is 0.383 e. The quantitative estimate of drug-likeness (QED) is 0.796. The first kappa shape index (κ1) is 16.0. The number of methoxy groups -OCH3 is 1. The van der Waals surface area contributed by atoms with Gasteiger partial charge in [0.1, 0.15) is 5.82 Å². The molecule has 116 valence electrons. The topological polar surface area (TPSA) is 54.5 Å². The average Bonchev–Trinajstić information content (AvgIpc) is 2.56. The van der Waals surface area contributed by atoms with Gasteiger partial charge in [-0.05, 0) is 17.7 Å². The number of amides is 1. The lowest BCUT2D eigenvalue weighted by molar-refractivity contribution is 0.0937. The molecule has 1 N–H and O–H groups in total. The van der Waals surface area contributed by atoms with E-state index in [1.165, 1.54) is 5.56 Å². The molecular formula is C17H21N3O2. The molecule has 0 unspecified atom stereocenters. The molecule has 2 rings (SSSR count). The number of carbonyl (C=O) groups is 1. The van der Waals surface area contributed by atoms with Crippen molar-refractivity contribution in [2.45, 2.75) is 6.54 Å². The van der Waals surface area contributed by atoms with E-state index in [0.29, 0.717) is 18.7 Å². The predicted molar refractivity (Wildman–Crippen MR) is 87.0 cm³/mol. The van der Waals surface area contributed by atoms with Crippen molar-refractivity contribution in [3.8, 4) is 0 Å². The molecule has 0 aliphatic carbocycles. The summed E-state index contributed by atoms with van der Waals surface area (Å²) in [6, 6.07) is 13.8. The fourth-order valence-electron chi connectivity index (χ4n) is 2.05. The zero-order valence-corrected chi connectivity index (χ0v) is 13.0. The summed E-state index contributed by atoms with van der Waals surface area (Å²) in [5, 5.41) is 2.77. The van der Waals surface area contributed by atoms with E-state index < -0.39 is 0 Å². The molecule has 0 saturated carbocycles. The van der Waals surface area contributed by atoms with Crippen molar-refractivity contribution >= 4 is 11.7 Å². The number of pyridine rings is 1. The summed E-state index contributed by atoms with van der Waals surface area (Å²) >= 11 is 0. The SMILES string of the molecule is COCCNC(=O)c1ccc(N(C)Cc2ccccc2)nc1. The number of nitrogens with zero attached hydrogens (tertiary/aromatic N) is 2. The molecule has 1 aromatic carbocycles. The Morgan fingerprint density at radius 2 is 2.00 bits per heavy atom. The highest BCUT2D eigenvalue weighted by Crippen LogP contribution is 2.13. The standard InChI is InChI=1S/C17H21N3O2/c1-20(13-14-6-4-3-5-7-14)16-9-8-15(12-19-16)17(21)18-10-11-22-2/h3-9,12H,10-11,13H2,1-2H3,(H,18,21). The molecule has 0 spiro atoms. The van der Waals surface area contributed by atoms with Crippen LogP contribution in [0.5, 0.6) is 0 Å². The lowest BCUT2D eigenvalue weighted by Crippen LogP contribution is -2.27. The van der Waals surface area contributed by atoms with Gasteiger partial charge < -0.3 is 15.0 Å². The molecule has 0 fully saturated rings. The minimum Gasteiger partial charge on any atom is -0.383 e. The van der Waals surface area contributed by atoms with Gasteiger partial charge in [0.05, 0.1) is 12.2 Å². The van der Waals surface area contributed by atoms with Gasteiger partial charge in [-0.2, -0.15) is 0 Å². The minimum absolute atomic E-state index is 0.137. The summed E-state index contributed by atoms with van der Waals surface area (Å²) in [4.78, 5) is 18.3. The third-order valence-electron chi connectivity index (χ3n) is 3.26. The fraction of sp³-hybridized carbons (Fsp3) is 0.294. The van der Waals surface area contributed by atoms with Crippen molar-refractivity contribution in [2.75, 3.05) is 32.2 Å². The van der Waals surface area contributed by atoms with Gasteiger partial charge in [0.15, 0.2) is 0 Å². The Hall–Kier alpha value is -2.40.